The van der Waals surface area contributed by atoms with Gasteiger partial charge in [-0.3, -0.25) is 4.79 Å². The van der Waals surface area contributed by atoms with Crippen LogP contribution in [0.1, 0.15) is 11.1 Å². The van der Waals surface area contributed by atoms with E-state index in [1.54, 1.807) is 24.3 Å². The molecule has 4 nitrogen and oxygen atoms in total. The fourth-order valence-electron chi connectivity index (χ4n) is 2.11. The van der Waals surface area contributed by atoms with Crippen LogP contribution in [-0.4, -0.2) is 19.6 Å². The van der Waals surface area contributed by atoms with Crippen molar-refractivity contribution < 1.29 is 23.0 Å². The van der Waals surface area contributed by atoms with Crippen LogP contribution in [0.5, 0.6) is 11.5 Å². The Morgan fingerprint density at radius 2 is 1.92 bits per heavy atom. The van der Waals surface area contributed by atoms with E-state index in [0.29, 0.717) is 21.5 Å². The second-order valence-corrected chi connectivity index (χ2v) is 6.00. The molecular formula is C18H16BrF2NO3. The second kappa shape index (κ2) is 8.62. The second-order valence-electron chi connectivity index (χ2n) is 5.09. The van der Waals surface area contributed by atoms with Crippen LogP contribution in [0.25, 0.3) is 6.08 Å². The molecule has 0 aliphatic rings. The van der Waals surface area contributed by atoms with Gasteiger partial charge in [0.2, 0.25) is 5.91 Å². The standard InChI is InChI=1S/C18H16BrF2NO3/c1-11-3-6-16(24-2)14(9-11)22-17(23)8-4-12-10-13(19)5-7-15(12)25-18(20)21/h3-10,18H,1-2H3,(H,22,23)/b8-4+. The monoisotopic (exact) mass is 411 g/mol. The lowest BCUT2D eigenvalue weighted by molar-refractivity contribution is -0.111. The molecule has 0 saturated heterocycles. The summed E-state index contributed by atoms with van der Waals surface area (Å²) in [5.74, 6) is 0.0822. The number of benzene rings is 2. The summed E-state index contributed by atoms with van der Waals surface area (Å²) in [5, 5.41) is 2.70. The molecule has 0 atom stereocenters. The van der Waals surface area contributed by atoms with Crippen molar-refractivity contribution in [3.63, 3.8) is 0 Å². The maximum atomic E-state index is 12.5. The van der Waals surface area contributed by atoms with Crippen LogP contribution in [0, 0.1) is 6.92 Å². The molecule has 0 aliphatic carbocycles. The van der Waals surface area contributed by atoms with Gasteiger partial charge in [0, 0.05) is 16.1 Å². The number of hydrogen-bond donors (Lipinski definition) is 1. The molecule has 0 unspecified atom stereocenters. The van der Waals surface area contributed by atoms with Gasteiger partial charge in [0.1, 0.15) is 11.5 Å². The van der Waals surface area contributed by atoms with Crippen LogP contribution >= 0.6 is 15.9 Å². The van der Waals surface area contributed by atoms with Crippen molar-refractivity contribution in [2.45, 2.75) is 13.5 Å². The average molecular weight is 412 g/mol. The van der Waals surface area contributed by atoms with E-state index in [2.05, 4.69) is 26.0 Å². The van der Waals surface area contributed by atoms with Crippen molar-refractivity contribution in [1.29, 1.82) is 0 Å². The highest BCUT2D eigenvalue weighted by Crippen LogP contribution is 2.27. The molecule has 0 saturated carbocycles. The first-order valence-electron chi connectivity index (χ1n) is 7.27. The highest BCUT2D eigenvalue weighted by Gasteiger charge is 2.10. The van der Waals surface area contributed by atoms with Gasteiger partial charge in [-0.2, -0.15) is 8.78 Å². The van der Waals surface area contributed by atoms with Crippen molar-refractivity contribution in [3.05, 3.63) is 58.1 Å². The Balaban J connectivity index is 2.18. The van der Waals surface area contributed by atoms with E-state index in [4.69, 9.17) is 4.74 Å². The van der Waals surface area contributed by atoms with Crippen molar-refractivity contribution in [2.75, 3.05) is 12.4 Å². The first-order valence-corrected chi connectivity index (χ1v) is 8.06. The van der Waals surface area contributed by atoms with Crippen molar-refractivity contribution in [1.82, 2.24) is 0 Å². The number of halogens is 3. The summed E-state index contributed by atoms with van der Waals surface area (Å²) in [5.41, 5.74) is 1.83. The van der Waals surface area contributed by atoms with Gasteiger partial charge in [-0.15, -0.1) is 0 Å². The molecule has 0 aromatic heterocycles. The maximum absolute atomic E-state index is 12.5. The molecule has 0 spiro atoms. The van der Waals surface area contributed by atoms with E-state index in [1.165, 1.54) is 25.3 Å². The number of hydrogen-bond acceptors (Lipinski definition) is 3. The first-order chi connectivity index (χ1) is 11.9. The van der Waals surface area contributed by atoms with Crippen LogP contribution in [-0.2, 0) is 4.79 Å². The number of ether oxygens (including phenoxy) is 2. The molecule has 7 heteroatoms. The van der Waals surface area contributed by atoms with Gasteiger partial charge >= 0.3 is 6.61 Å². The lowest BCUT2D eigenvalue weighted by Crippen LogP contribution is -2.09. The summed E-state index contributed by atoms with van der Waals surface area (Å²) < 4.78 is 35.2. The summed E-state index contributed by atoms with van der Waals surface area (Å²) in [6.07, 6.45) is 2.64. The largest absolute Gasteiger partial charge is 0.495 e. The van der Waals surface area contributed by atoms with E-state index < -0.39 is 12.5 Å². The Morgan fingerprint density at radius 3 is 2.60 bits per heavy atom. The van der Waals surface area contributed by atoms with Gasteiger partial charge < -0.3 is 14.8 Å². The Bertz CT molecular complexity index is 794. The van der Waals surface area contributed by atoms with Crippen LogP contribution < -0.4 is 14.8 Å². The van der Waals surface area contributed by atoms with E-state index in [1.807, 2.05) is 13.0 Å². The van der Waals surface area contributed by atoms with E-state index >= 15 is 0 Å². The summed E-state index contributed by atoms with van der Waals surface area (Å²) in [4.78, 5) is 12.1. The van der Waals surface area contributed by atoms with Gasteiger partial charge in [0.05, 0.1) is 12.8 Å². The lowest BCUT2D eigenvalue weighted by Gasteiger charge is -2.10. The Labute approximate surface area is 152 Å². The normalized spacial score (nSPS) is 11.0. The van der Waals surface area contributed by atoms with Crippen LogP contribution in [0.2, 0.25) is 0 Å². The van der Waals surface area contributed by atoms with Crippen LogP contribution in [0.4, 0.5) is 14.5 Å². The molecule has 2 rings (SSSR count). The first kappa shape index (κ1) is 18.9. The zero-order valence-electron chi connectivity index (χ0n) is 13.6. The van der Waals surface area contributed by atoms with Gasteiger partial charge in [-0.25, -0.2) is 0 Å². The molecule has 2 aromatic carbocycles. The number of amides is 1. The molecule has 2 aromatic rings. The Hall–Kier alpha value is -2.41. The predicted octanol–water partition coefficient (Wildman–Crippen LogP) is 5.02. The highest BCUT2D eigenvalue weighted by atomic mass is 79.9. The molecule has 0 heterocycles. The van der Waals surface area contributed by atoms with Crippen molar-refractivity contribution in [2.24, 2.45) is 0 Å². The molecule has 25 heavy (non-hydrogen) atoms. The Kier molecular flexibility index (Phi) is 6.52. The Morgan fingerprint density at radius 1 is 1.20 bits per heavy atom. The number of methoxy groups -OCH3 is 1. The molecule has 0 fully saturated rings. The number of rotatable bonds is 6. The molecule has 1 amide bonds. The number of aryl methyl sites for hydroxylation is 1. The topological polar surface area (TPSA) is 47.6 Å². The molecular weight excluding hydrogens is 396 g/mol. The fourth-order valence-corrected chi connectivity index (χ4v) is 2.49. The highest BCUT2D eigenvalue weighted by molar-refractivity contribution is 9.10. The van der Waals surface area contributed by atoms with Gasteiger partial charge in [-0.1, -0.05) is 22.0 Å². The number of anilines is 1. The quantitative estimate of drug-likeness (QED) is 0.678. The predicted molar refractivity (Wildman–Crippen MR) is 96.2 cm³/mol. The summed E-state index contributed by atoms with van der Waals surface area (Å²) >= 11 is 3.26. The third-order valence-corrected chi connectivity index (χ3v) is 3.71. The van der Waals surface area contributed by atoms with E-state index in [9.17, 15) is 13.6 Å². The number of alkyl halides is 2. The number of carbonyl (C=O) groups excluding carboxylic acids is 1. The number of carbonyl (C=O) groups is 1. The molecule has 132 valence electrons. The minimum Gasteiger partial charge on any atom is -0.495 e. The number of nitrogens with one attached hydrogen (secondary N) is 1. The SMILES string of the molecule is COc1ccc(C)cc1NC(=O)/C=C/c1cc(Br)ccc1OC(F)F. The van der Waals surface area contributed by atoms with Crippen LogP contribution in [0.3, 0.4) is 0 Å². The molecule has 0 aliphatic heterocycles. The van der Waals surface area contributed by atoms with Gasteiger partial charge in [0.15, 0.2) is 0 Å². The van der Waals surface area contributed by atoms with Gasteiger partial charge in [-0.05, 0) is 48.9 Å². The molecule has 1 N–H and O–H groups in total. The minimum atomic E-state index is -2.95. The van der Waals surface area contributed by atoms with Crippen LogP contribution in [0.15, 0.2) is 46.9 Å². The van der Waals surface area contributed by atoms with E-state index in [0.717, 1.165) is 5.56 Å². The molecule has 0 radical (unpaired) electrons. The van der Waals surface area contributed by atoms with Gasteiger partial charge in [0.25, 0.3) is 0 Å². The maximum Gasteiger partial charge on any atom is 0.387 e. The average Bonchev–Trinajstić information content (AvgIpc) is 2.55. The smallest absolute Gasteiger partial charge is 0.387 e. The van der Waals surface area contributed by atoms with Crippen molar-refractivity contribution in [3.8, 4) is 11.5 Å². The lowest BCUT2D eigenvalue weighted by atomic mass is 10.2. The fraction of sp³-hybridized carbons (Fsp3) is 0.167. The summed E-state index contributed by atoms with van der Waals surface area (Å²) in [6, 6.07) is 9.94. The molecule has 0 bridgehead atoms. The minimum absolute atomic E-state index is 0.0182. The zero-order chi connectivity index (χ0) is 18.4. The zero-order valence-corrected chi connectivity index (χ0v) is 15.1. The van der Waals surface area contributed by atoms with Crippen molar-refractivity contribution >= 4 is 33.6 Å². The van der Waals surface area contributed by atoms with E-state index in [-0.39, 0.29) is 5.75 Å². The summed E-state index contributed by atoms with van der Waals surface area (Å²) in [7, 11) is 1.51. The summed E-state index contributed by atoms with van der Waals surface area (Å²) in [6.45, 7) is -1.06. The third-order valence-electron chi connectivity index (χ3n) is 3.22. The third kappa shape index (κ3) is 5.56.